The lowest BCUT2D eigenvalue weighted by Gasteiger charge is -2.25. The molecule has 0 bridgehead atoms. The summed E-state index contributed by atoms with van der Waals surface area (Å²) in [6, 6.07) is 29.4. The smallest absolute Gasteiger partial charge is 0.206 e. The van der Waals surface area contributed by atoms with Crippen molar-refractivity contribution in [2.75, 3.05) is 13.2 Å². The van der Waals surface area contributed by atoms with Gasteiger partial charge in [0.15, 0.2) is 17.9 Å². The van der Waals surface area contributed by atoms with Crippen molar-refractivity contribution < 1.29 is 50.9 Å². The summed E-state index contributed by atoms with van der Waals surface area (Å²) >= 11 is 0. The number of carbonyl (C=O) groups excluding carboxylic acids is 3. The summed E-state index contributed by atoms with van der Waals surface area (Å²) in [6.07, 6.45) is 3.59. The summed E-state index contributed by atoms with van der Waals surface area (Å²) < 4.78 is 64.3. The third-order valence-corrected chi connectivity index (χ3v) is 13.5. The molecule has 3 unspecified atom stereocenters. The Morgan fingerprint density at radius 1 is 0.702 bits per heavy atom. The van der Waals surface area contributed by atoms with Crippen LogP contribution in [0.1, 0.15) is 84.2 Å². The van der Waals surface area contributed by atoms with Crippen molar-refractivity contribution in [2.24, 2.45) is 0 Å². The molecule has 4 aromatic rings. The predicted molar refractivity (Wildman–Crippen MR) is 215 cm³/mol. The maximum Gasteiger partial charge on any atom is 0.206 e. The lowest BCUT2D eigenvalue weighted by atomic mass is 9.94. The Bertz CT molecular complexity index is 2350. The van der Waals surface area contributed by atoms with Gasteiger partial charge in [0.25, 0.3) is 0 Å². The van der Waals surface area contributed by atoms with Crippen LogP contribution in [-0.4, -0.2) is 76.6 Å². The lowest BCUT2D eigenvalue weighted by Crippen LogP contribution is -2.30. The van der Waals surface area contributed by atoms with Gasteiger partial charge in [-0.15, -0.1) is 0 Å². The maximum atomic E-state index is 13.5. The van der Waals surface area contributed by atoms with Crippen LogP contribution in [0.3, 0.4) is 0 Å². The number of benzene rings is 4. The van der Waals surface area contributed by atoms with Crippen LogP contribution in [0.2, 0.25) is 0 Å². The third-order valence-electron chi connectivity index (χ3n) is 9.48. The minimum Gasteiger partial charge on any atom is -0.393 e. The summed E-state index contributed by atoms with van der Waals surface area (Å²) in [4.78, 5) is 35.1. The molecule has 3 atom stereocenters. The molecule has 1 saturated heterocycles. The maximum absolute atomic E-state index is 13.5. The van der Waals surface area contributed by atoms with Gasteiger partial charge >= 0.3 is 0 Å². The van der Waals surface area contributed by atoms with Gasteiger partial charge in [-0.1, -0.05) is 112 Å². The molecule has 13 heteroatoms. The van der Waals surface area contributed by atoms with E-state index >= 15 is 0 Å². The van der Waals surface area contributed by atoms with Gasteiger partial charge in [-0.25, -0.2) is 16.8 Å². The van der Waals surface area contributed by atoms with Gasteiger partial charge in [-0.2, -0.15) is 0 Å². The molecule has 3 aliphatic rings. The van der Waals surface area contributed by atoms with E-state index in [-0.39, 0.29) is 49.4 Å². The summed E-state index contributed by atoms with van der Waals surface area (Å²) in [5.41, 5.74) is 1.32. The fourth-order valence-electron chi connectivity index (χ4n) is 6.70. The summed E-state index contributed by atoms with van der Waals surface area (Å²) in [5, 5.41) is 19.3. The van der Waals surface area contributed by atoms with Crippen molar-refractivity contribution in [3.05, 3.63) is 141 Å². The van der Waals surface area contributed by atoms with Crippen LogP contribution in [-0.2, 0) is 33.9 Å². The normalized spacial score (nSPS) is 19.6. The molecule has 0 aliphatic carbocycles. The Labute approximate surface area is 333 Å². The molecule has 1 fully saturated rings. The number of aliphatic hydroxyl groups is 2. The molecule has 0 saturated carbocycles. The van der Waals surface area contributed by atoms with Gasteiger partial charge in [-0.05, 0) is 54.7 Å². The van der Waals surface area contributed by atoms with Crippen molar-refractivity contribution in [3.8, 4) is 0 Å². The fourth-order valence-corrected chi connectivity index (χ4v) is 10.4. The molecule has 57 heavy (non-hydrogen) atoms. The van der Waals surface area contributed by atoms with Gasteiger partial charge < -0.3 is 24.5 Å². The van der Waals surface area contributed by atoms with Crippen LogP contribution < -0.4 is 0 Å². The molecule has 3 aliphatic heterocycles. The number of aliphatic hydroxyl groups excluding tert-OH is 2. The topological polar surface area (TPSA) is 178 Å². The van der Waals surface area contributed by atoms with Crippen molar-refractivity contribution in [2.45, 2.75) is 80.7 Å². The first-order valence-corrected chi connectivity index (χ1v) is 21.8. The highest BCUT2D eigenvalue weighted by molar-refractivity contribution is 7.96. The summed E-state index contributed by atoms with van der Waals surface area (Å²) in [7, 11) is -7.96. The highest BCUT2D eigenvalue weighted by Gasteiger charge is 2.45. The summed E-state index contributed by atoms with van der Waals surface area (Å²) in [5.74, 6) is -0.781. The van der Waals surface area contributed by atoms with E-state index in [1.165, 1.54) is 24.3 Å². The van der Waals surface area contributed by atoms with Gasteiger partial charge in [0.05, 0.1) is 32.8 Å². The second-order valence-corrected chi connectivity index (χ2v) is 17.2. The van der Waals surface area contributed by atoms with Crippen molar-refractivity contribution in [3.63, 3.8) is 0 Å². The minimum absolute atomic E-state index is 0.0152. The van der Waals surface area contributed by atoms with Crippen LogP contribution >= 0.6 is 0 Å². The first-order valence-electron chi connectivity index (χ1n) is 18.8. The van der Waals surface area contributed by atoms with Gasteiger partial charge in [0.2, 0.25) is 19.7 Å². The van der Waals surface area contributed by atoms with E-state index < -0.39 is 55.5 Å². The average Bonchev–Trinajstić information content (AvgIpc) is 3.70. The zero-order valence-electron chi connectivity index (χ0n) is 31.7. The van der Waals surface area contributed by atoms with Crippen LogP contribution in [0.5, 0.6) is 0 Å². The number of aldehydes is 1. The summed E-state index contributed by atoms with van der Waals surface area (Å²) in [6.45, 7) is 3.47. The zero-order valence-corrected chi connectivity index (χ0v) is 33.4. The number of fused-ring (bicyclic) bond motifs is 2. The number of rotatable bonds is 11. The van der Waals surface area contributed by atoms with E-state index in [9.17, 15) is 41.4 Å². The highest BCUT2D eigenvalue weighted by Crippen LogP contribution is 2.42. The van der Waals surface area contributed by atoms with Crippen molar-refractivity contribution >= 4 is 48.7 Å². The SMILES string of the molecule is CCCCC1OCC(C2=C(c3ccccc3)C(=O)c3ccccc3S2(=O)=O)O1.CCCCC=O.O=C1C(c2ccccc2)=C(C(O)CO)S(=O)(=O)c2ccccc21. The lowest BCUT2D eigenvalue weighted by molar-refractivity contribution is -0.107. The first kappa shape index (κ1) is 43.2. The van der Waals surface area contributed by atoms with Crippen LogP contribution in [0.15, 0.2) is 129 Å². The molecule has 7 rings (SSSR count). The largest absolute Gasteiger partial charge is 0.393 e. The number of hydrogen-bond acceptors (Lipinski definition) is 11. The monoisotopic (exact) mass is 814 g/mol. The fraction of sp³-hybridized carbons (Fsp3) is 0.295. The van der Waals surface area contributed by atoms with Gasteiger partial charge in [0.1, 0.15) is 18.5 Å². The van der Waals surface area contributed by atoms with Crippen molar-refractivity contribution in [1.29, 1.82) is 0 Å². The van der Waals surface area contributed by atoms with Gasteiger partial charge in [0, 0.05) is 28.7 Å². The number of hydrogen-bond donors (Lipinski definition) is 2. The molecular weight excluding hydrogens is 769 g/mol. The van der Waals surface area contributed by atoms with Crippen molar-refractivity contribution in [1.82, 2.24) is 0 Å². The molecule has 0 amide bonds. The molecule has 11 nitrogen and oxygen atoms in total. The van der Waals surface area contributed by atoms with E-state index in [0.717, 1.165) is 38.4 Å². The van der Waals surface area contributed by atoms with Gasteiger partial charge in [-0.3, -0.25) is 9.59 Å². The average molecular weight is 815 g/mol. The second-order valence-electron chi connectivity index (χ2n) is 13.4. The van der Waals surface area contributed by atoms with Crippen LogP contribution in [0.25, 0.3) is 11.1 Å². The Kier molecular flexibility index (Phi) is 14.8. The second kappa shape index (κ2) is 19.5. The molecule has 2 N–H and O–H groups in total. The minimum atomic E-state index is -4.08. The molecule has 3 heterocycles. The highest BCUT2D eigenvalue weighted by atomic mass is 32.2. The Hall–Kier alpha value is -4.89. The van der Waals surface area contributed by atoms with E-state index in [0.29, 0.717) is 17.5 Å². The number of unbranched alkanes of at least 4 members (excludes halogenated alkanes) is 3. The zero-order chi connectivity index (χ0) is 41.2. The van der Waals surface area contributed by atoms with E-state index in [4.69, 9.17) is 9.47 Å². The number of ether oxygens (including phenoxy) is 2. The van der Waals surface area contributed by atoms with Crippen LogP contribution in [0, 0.1) is 0 Å². The number of ketones is 2. The molecule has 0 aromatic heterocycles. The Morgan fingerprint density at radius 3 is 1.70 bits per heavy atom. The third kappa shape index (κ3) is 9.30. The molecule has 300 valence electrons. The number of carbonyl (C=O) groups is 3. The van der Waals surface area contributed by atoms with E-state index in [2.05, 4.69) is 13.8 Å². The number of allylic oxidation sites excluding steroid dienone is 2. The van der Waals surface area contributed by atoms with E-state index in [1.54, 1.807) is 78.9 Å². The van der Waals surface area contributed by atoms with Crippen LogP contribution in [0.4, 0.5) is 0 Å². The molecule has 0 radical (unpaired) electrons. The number of Topliss-reactive ketones (excluding diaryl/α,β-unsaturated/α-hetero) is 2. The standard InChI is InChI=1S/C22H22O5S.C17H14O5S.C5H10O/c1-2-3-13-19-26-14-17(27-19)22-20(15-9-5-4-6-10-15)21(23)16-11-7-8-12-18(16)28(22,24)25;18-10-13(19)17-15(11-6-2-1-3-7-11)16(20)12-8-4-5-9-14(12)23(17,21)22;1-2-3-4-5-6/h4-12,17,19H,2-3,13-14H2,1H3;1-9,13,18-19H,10H2;5H,2-4H2,1H3. The quantitative estimate of drug-likeness (QED) is 0.120. The molecular formula is C44H46O11S2. The predicted octanol–water partition coefficient (Wildman–Crippen LogP) is 6.80. The molecule has 0 spiro atoms. The number of sulfone groups is 2. The van der Waals surface area contributed by atoms with E-state index in [1.807, 2.05) is 6.07 Å². The first-order chi connectivity index (χ1) is 27.4. The Morgan fingerprint density at radius 2 is 1.19 bits per heavy atom. The Balaban J connectivity index is 0.000000193. The molecule has 4 aromatic carbocycles.